The summed E-state index contributed by atoms with van der Waals surface area (Å²) in [5.74, 6) is 0.750. The van der Waals surface area contributed by atoms with Crippen molar-refractivity contribution in [1.29, 1.82) is 0 Å². The number of hydrogen-bond donors (Lipinski definition) is 1. The average Bonchev–Trinajstić information content (AvgIpc) is 3.19. The molecule has 3 aromatic carbocycles. The second-order valence-corrected chi connectivity index (χ2v) is 8.60. The van der Waals surface area contributed by atoms with Gasteiger partial charge in [-0.15, -0.1) is 0 Å². The minimum absolute atomic E-state index is 0.0438. The summed E-state index contributed by atoms with van der Waals surface area (Å²) >= 11 is 6.01. The van der Waals surface area contributed by atoms with Gasteiger partial charge in [-0.2, -0.15) is 5.10 Å². The summed E-state index contributed by atoms with van der Waals surface area (Å²) in [4.78, 5) is 0.0438. The number of primary sulfonamides is 1. The number of benzene rings is 3. The number of aromatic nitrogens is 2. The predicted octanol–water partition coefficient (Wildman–Crippen LogP) is 4.52. The van der Waals surface area contributed by atoms with Crippen LogP contribution in [0.3, 0.4) is 0 Å². The van der Waals surface area contributed by atoms with Crippen LogP contribution in [0.2, 0.25) is 5.02 Å². The zero-order chi connectivity index (χ0) is 21.3. The fourth-order valence-corrected chi connectivity index (χ4v) is 3.73. The first-order valence-electron chi connectivity index (χ1n) is 8.99. The van der Waals surface area contributed by atoms with Crippen LogP contribution in [0, 0.1) is 0 Å². The van der Waals surface area contributed by atoms with Gasteiger partial charge in [0.15, 0.2) is 0 Å². The van der Waals surface area contributed by atoms with Crippen molar-refractivity contribution in [2.24, 2.45) is 5.14 Å². The number of halogens is 1. The molecule has 0 saturated heterocycles. The number of rotatable bonds is 5. The molecule has 0 unspecified atom stereocenters. The molecule has 2 N–H and O–H groups in total. The van der Waals surface area contributed by atoms with Gasteiger partial charge in [0.25, 0.3) is 0 Å². The Hall–Kier alpha value is -3.13. The highest BCUT2D eigenvalue weighted by Crippen LogP contribution is 2.30. The highest BCUT2D eigenvalue weighted by atomic mass is 35.5. The van der Waals surface area contributed by atoms with E-state index in [4.69, 9.17) is 26.6 Å². The van der Waals surface area contributed by atoms with Crippen molar-refractivity contribution in [3.8, 4) is 34.0 Å². The minimum atomic E-state index is -3.77. The van der Waals surface area contributed by atoms with E-state index in [1.54, 1.807) is 23.9 Å². The second-order valence-electron chi connectivity index (χ2n) is 6.60. The highest BCUT2D eigenvalue weighted by Gasteiger charge is 2.15. The molecule has 6 nitrogen and oxygen atoms in total. The van der Waals surface area contributed by atoms with Gasteiger partial charge in [0.2, 0.25) is 10.0 Å². The van der Waals surface area contributed by atoms with Crippen LogP contribution < -0.4 is 9.88 Å². The maximum atomic E-state index is 11.6. The Bertz CT molecular complexity index is 1280. The molecule has 0 atom stereocenters. The van der Waals surface area contributed by atoms with Crippen LogP contribution in [0.15, 0.2) is 83.8 Å². The van der Waals surface area contributed by atoms with Crippen molar-refractivity contribution in [2.45, 2.75) is 4.90 Å². The number of hydrogen-bond acceptors (Lipinski definition) is 4. The van der Waals surface area contributed by atoms with E-state index in [2.05, 4.69) is 0 Å². The van der Waals surface area contributed by atoms with Gasteiger partial charge in [0.05, 0.1) is 29.1 Å². The Morgan fingerprint density at radius 1 is 0.900 bits per heavy atom. The molecule has 8 heteroatoms. The summed E-state index contributed by atoms with van der Waals surface area (Å²) in [6, 6.07) is 23.3. The van der Waals surface area contributed by atoms with E-state index < -0.39 is 10.0 Å². The van der Waals surface area contributed by atoms with E-state index in [0.29, 0.717) is 10.7 Å². The lowest BCUT2D eigenvalue weighted by atomic mass is 10.1. The Morgan fingerprint density at radius 3 is 2.07 bits per heavy atom. The Balaban J connectivity index is 1.85. The molecule has 0 aliphatic carbocycles. The van der Waals surface area contributed by atoms with Crippen LogP contribution in [-0.4, -0.2) is 25.3 Å². The molecule has 0 fully saturated rings. The molecule has 1 heterocycles. The fraction of sp³-hybridized carbons (Fsp3) is 0.0455. The highest BCUT2D eigenvalue weighted by molar-refractivity contribution is 7.89. The second kappa shape index (κ2) is 7.95. The number of nitrogens with two attached hydrogens (primary N) is 1. The van der Waals surface area contributed by atoms with E-state index in [1.807, 2.05) is 54.6 Å². The molecule has 0 spiro atoms. The summed E-state index contributed by atoms with van der Waals surface area (Å²) in [7, 11) is -2.15. The van der Waals surface area contributed by atoms with Crippen LogP contribution in [0.5, 0.6) is 5.75 Å². The minimum Gasteiger partial charge on any atom is -0.497 e. The van der Waals surface area contributed by atoms with Crippen LogP contribution in [0.1, 0.15) is 0 Å². The van der Waals surface area contributed by atoms with Gasteiger partial charge in [-0.25, -0.2) is 18.2 Å². The molecule has 152 valence electrons. The largest absolute Gasteiger partial charge is 0.497 e. The molecule has 4 rings (SSSR count). The van der Waals surface area contributed by atoms with Crippen molar-refractivity contribution >= 4 is 21.6 Å². The lowest BCUT2D eigenvalue weighted by Crippen LogP contribution is -2.12. The smallest absolute Gasteiger partial charge is 0.238 e. The number of nitrogens with zero attached hydrogens (tertiary/aromatic N) is 2. The molecule has 0 amide bonds. The number of ether oxygens (including phenoxy) is 1. The van der Waals surface area contributed by atoms with Gasteiger partial charge in [0.1, 0.15) is 5.75 Å². The summed E-state index contributed by atoms with van der Waals surface area (Å²) in [5, 5.41) is 10.6. The van der Waals surface area contributed by atoms with Crippen LogP contribution in [0.4, 0.5) is 0 Å². The number of methoxy groups -OCH3 is 1. The maximum absolute atomic E-state index is 11.6. The Labute approximate surface area is 179 Å². The first-order valence-corrected chi connectivity index (χ1v) is 10.9. The molecule has 0 saturated carbocycles. The lowest BCUT2D eigenvalue weighted by molar-refractivity contribution is 0.415. The van der Waals surface area contributed by atoms with Crippen molar-refractivity contribution in [1.82, 2.24) is 9.78 Å². The Morgan fingerprint density at radius 2 is 1.50 bits per heavy atom. The maximum Gasteiger partial charge on any atom is 0.238 e. The van der Waals surface area contributed by atoms with E-state index in [1.165, 1.54) is 12.1 Å². The number of sulfonamides is 1. The monoisotopic (exact) mass is 439 g/mol. The van der Waals surface area contributed by atoms with Crippen molar-refractivity contribution < 1.29 is 13.2 Å². The topological polar surface area (TPSA) is 87.2 Å². The fourth-order valence-electron chi connectivity index (χ4n) is 3.08. The lowest BCUT2D eigenvalue weighted by Gasteiger charge is -2.09. The SMILES string of the molecule is COc1ccc(-c2cc(-c3ccc(Cl)cc3)nn2-c2ccc(S(N)(=O)=O)cc2)cc1. The zero-order valence-corrected chi connectivity index (χ0v) is 17.6. The third kappa shape index (κ3) is 4.09. The first kappa shape index (κ1) is 20.2. The standard InChI is InChI=1S/C22H18ClN3O3S/c1-29-19-10-4-16(5-11-19)22-14-21(15-2-6-17(23)7-3-15)25-26(22)18-8-12-20(13-9-18)30(24,27)28/h2-14H,1H3,(H2,24,27,28). The average molecular weight is 440 g/mol. The van der Waals surface area contributed by atoms with Gasteiger partial charge >= 0.3 is 0 Å². The summed E-state index contributed by atoms with van der Waals surface area (Å²) < 4.78 is 30.2. The predicted molar refractivity (Wildman–Crippen MR) is 117 cm³/mol. The molecule has 0 aliphatic heterocycles. The first-order chi connectivity index (χ1) is 14.3. The van der Waals surface area contributed by atoms with Crippen LogP contribution in [-0.2, 0) is 10.0 Å². The molecule has 1 aromatic heterocycles. The van der Waals surface area contributed by atoms with Gasteiger partial charge in [-0.05, 0) is 66.7 Å². The van der Waals surface area contributed by atoms with Crippen LogP contribution in [0.25, 0.3) is 28.2 Å². The molecule has 0 radical (unpaired) electrons. The third-order valence-corrected chi connectivity index (χ3v) is 5.83. The summed E-state index contributed by atoms with van der Waals surface area (Å²) in [5.41, 5.74) is 4.14. The molecule has 4 aromatic rings. The molecular weight excluding hydrogens is 422 g/mol. The Kier molecular flexibility index (Phi) is 5.34. The van der Waals surface area contributed by atoms with Crippen molar-refractivity contribution in [3.63, 3.8) is 0 Å². The van der Waals surface area contributed by atoms with Gasteiger partial charge < -0.3 is 4.74 Å². The van der Waals surface area contributed by atoms with Gasteiger partial charge in [-0.3, -0.25) is 0 Å². The molecule has 0 aliphatic rings. The van der Waals surface area contributed by atoms with Gasteiger partial charge in [-0.1, -0.05) is 23.7 Å². The van der Waals surface area contributed by atoms with Crippen LogP contribution >= 0.6 is 11.6 Å². The van der Waals surface area contributed by atoms with E-state index in [-0.39, 0.29) is 4.90 Å². The normalized spacial score (nSPS) is 11.4. The molecule has 30 heavy (non-hydrogen) atoms. The van der Waals surface area contributed by atoms with E-state index >= 15 is 0 Å². The molecule has 0 bridgehead atoms. The van der Waals surface area contributed by atoms with Gasteiger partial charge in [0, 0.05) is 16.1 Å². The zero-order valence-electron chi connectivity index (χ0n) is 16.0. The van der Waals surface area contributed by atoms with E-state index in [0.717, 1.165) is 28.3 Å². The van der Waals surface area contributed by atoms with Crippen molar-refractivity contribution in [2.75, 3.05) is 7.11 Å². The summed E-state index contributed by atoms with van der Waals surface area (Å²) in [6.07, 6.45) is 0. The quantitative estimate of drug-likeness (QED) is 0.495. The summed E-state index contributed by atoms with van der Waals surface area (Å²) in [6.45, 7) is 0. The van der Waals surface area contributed by atoms with E-state index in [9.17, 15) is 8.42 Å². The van der Waals surface area contributed by atoms with Crippen molar-refractivity contribution in [3.05, 3.63) is 83.9 Å². The molecular formula is C22H18ClN3O3S. The third-order valence-electron chi connectivity index (χ3n) is 4.64.